The third kappa shape index (κ3) is 17.7. The molecule has 0 saturated carbocycles. The monoisotopic (exact) mass is 763 g/mol. The van der Waals surface area contributed by atoms with Crippen LogP contribution in [0.3, 0.4) is 0 Å². The van der Waals surface area contributed by atoms with Crippen LogP contribution in [-0.4, -0.2) is 132 Å². The molecular weight excluding hydrogens is 708 g/mol. The van der Waals surface area contributed by atoms with Gasteiger partial charge in [-0.25, -0.2) is 9.13 Å². The summed E-state index contributed by atoms with van der Waals surface area (Å²) in [6.45, 7) is 3.67. The minimum Gasteiger partial charge on any atom is -0.395 e. The van der Waals surface area contributed by atoms with E-state index < -0.39 is 22.3 Å². The summed E-state index contributed by atoms with van der Waals surface area (Å²) in [4.78, 5) is 61.0. The van der Waals surface area contributed by atoms with Crippen molar-refractivity contribution in [1.29, 1.82) is 0 Å². The van der Waals surface area contributed by atoms with E-state index in [1.165, 1.54) is 20.3 Å². The number of carbonyl (C=O) groups excluding carboxylic acids is 3. The summed E-state index contributed by atoms with van der Waals surface area (Å²) < 4.78 is 50.7. The van der Waals surface area contributed by atoms with Gasteiger partial charge >= 0.3 is 15.6 Å². The van der Waals surface area contributed by atoms with Gasteiger partial charge in [0, 0.05) is 64.4 Å². The fraction of sp³-hybridized carbons (Fsp3) is 0.667. The van der Waals surface area contributed by atoms with E-state index in [0.717, 1.165) is 12.8 Å². The van der Waals surface area contributed by atoms with E-state index in [1.807, 2.05) is 24.3 Å². The van der Waals surface area contributed by atoms with Crippen LogP contribution in [0.1, 0.15) is 64.4 Å². The van der Waals surface area contributed by atoms with Gasteiger partial charge < -0.3 is 34.3 Å². The summed E-state index contributed by atoms with van der Waals surface area (Å²) in [5, 5.41) is 9.09. The Kier molecular flexibility index (Phi) is 21.0. The molecule has 3 N–H and O–H groups in total. The fourth-order valence-corrected chi connectivity index (χ4v) is 6.64. The van der Waals surface area contributed by atoms with Crippen molar-refractivity contribution in [3.63, 3.8) is 0 Å². The summed E-state index contributed by atoms with van der Waals surface area (Å²) in [5.41, 5.74) is 1.26. The molecule has 3 amide bonds. The number of hydrogen-bond acceptors (Lipinski definition) is 11. The fourth-order valence-electron chi connectivity index (χ4n) is 5.24. The van der Waals surface area contributed by atoms with E-state index >= 15 is 0 Å². The van der Waals surface area contributed by atoms with Gasteiger partial charge in [-0.15, -0.1) is 0 Å². The third-order valence-corrected chi connectivity index (χ3v) is 10.1. The Bertz CT molecular complexity index is 1320. The molecule has 2 rings (SSSR count). The molecule has 1 aromatic rings. The second-order valence-corrected chi connectivity index (χ2v) is 14.5. The lowest BCUT2D eigenvalue weighted by Crippen LogP contribution is -2.37. The lowest BCUT2D eigenvalue weighted by atomic mass is 9.88. The maximum absolute atomic E-state index is 12.5. The van der Waals surface area contributed by atoms with Crippen LogP contribution < -0.4 is 0 Å². The minimum absolute atomic E-state index is 0.0297. The van der Waals surface area contributed by atoms with E-state index in [4.69, 9.17) is 27.9 Å². The van der Waals surface area contributed by atoms with Crippen molar-refractivity contribution >= 4 is 33.4 Å². The van der Waals surface area contributed by atoms with Crippen molar-refractivity contribution in [3.05, 3.63) is 48.0 Å². The highest BCUT2D eigenvalue weighted by Gasteiger charge is 2.26. The molecule has 0 saturated heterocycles. The molecular formula is C33H55N3O13P2. The lowest BCUT2D eigenvalue weighted by Gasteiger charge is -2.26. The van der Waals surface area contributed by atoms with E-state index in [1.54, 1.807) is 20.8 Å². The first-order chi connectivity index (χ1) is 24.3. The molecule has 16 nitrogen and oxygen atoms in total. The minimum atomic E-state index is -4.55. The summed E-state index contributed by atoms with van der Waals surface area (Å²) >= 11 is 0. The van der Waals surface area contributed by atoms with Gasteiger partial charge in [-0.2, -0.15) is 0 Å². The molecule has 18 heteroatoms. The Hall–Kier alpha value is -2.49. The standard InChI is InChI=1S/C33H55N3O13P2/c1-4-31(38)34(16-22-37)18-24-46-50(41,42)48-26-20-36(33(40)6-3)21-27-49-51(43,44)47-25-19-35(32(39)5-2)17-23-45-30-14-12-29(13-15-30)28-10-8-7-9-11-28/h7-12,14,29-30,37H,4-6,13,15-27H2,1-3H3,(H,41,42)(H,43,44). The van der Waals surface area contributed by atoms with Gasteiger partial charge in [0.15, 0.2) is 0 Å². The number of phosphoric acid groups is 2. The summed E-state index contributed by atoms with van der Waals surface area (Å²) in [6, 6.07) is 10.3. The van der Waals surface area contributed by atoms with Crippen LogP contribution in [0.5, 0.6) is 0 Å². The molecule has 4 atom stereocenters. The second-order valence-electron chi connectivity index (χ2n) is 11.6. The summed E-state index contributed by atoms with van der Waals surface area (Å²) in [6.07, 6.45) is 6.46. The Morgan fingerprint density at radius 3 is 1.43 bits per heavy atom. The van der Waals surface area contributed by atoms with E-state index in [-0.39, 0.29) is 115 Å². The van der Waals surface area contributed by atoms with Crippen LogP contribution in [-0.2, 0) is 46.3 Å². The van der Waals surface area contributed by atoms with Crippen molar-refractivity contribution in [2.24, 2.45) is 0 Å². The Labute approximate surface area is 300 Å². The molecule has 0 heterocycles. The quantitative estimate of drug-likeness (QED) is 0.0916. The maximum Gasteiger partial charge on any atom is 0.472 e. The molecule has 1 aliphatic carbocycles. The van der Waals surface area contributed by atoms with Gasteiger partial charge in [0.25, 0.3) is 0 Å². The molecule has 1 aromatic carbocycles. The van der Waals surface area contributed by atoms with Crippen LogP contribution >= 0.6 is 15.6 Å². The predicted octanol–water partition coefficient (Wildman–Crippen LogP) is 3.48. The SMILES string of the molecule is CCC(=O)N(CCO)CCOP(=O)(O)OCCN(CCOP(=O)(O)OCCN(CCOC1C=CC(c2ccccc2)CC1)C(=O)CC)C(=O)CC. The molecule has 0 aromatic heterocycles. The Morgan fingerprint density at radius 2 is 1.06 bits per heavy atom. The van der Waals surface area contributed by atoms with Crippen molar-refractivity contribution in [1.82, 2.24) is 14.7 Å². The molecule has 290 valence electrons. The number of nitrogens with zero attached hydrogens (tertiary/aromatic N) is 3. The van der Waals surface area contributed by atoms with E-state index in [2.05, 4.69) is 18.2 Å². The van der Waals surface area contributed by atoms with Crippen LogP contribution in [0.15, 0.2) is 42.5 Å². The zero-order chi connectivity index (χ0) is 37.7. The number of phosphoric ester groups is 2. The van der Waals surface area contributed by atoms with Crippen LogP contribution in [0.25, 0.3) is 0 Å². The molecule has 51 heavy (non-hydrogen) atoms. The summed E-state index contributed by atoms with van der Waals surface area (Å²) in [7, 11) is -9.07. The van der Waals surface area contributed by atoms with Gasteiger partial charge in [-0.1, -0.05) is 63.3 Å². The van der Waals surface area contributed by atoms with Crippen LogP contribution in [0.2, 0.25) is 0 Å². The number of carbonyl (C=O) groups is 3. The van der Waals surface area contributed by atoms with E-state index in [9.17, 15) is 33.3 Å². The first-order valence-corrected chi connectivity index (χ1v) is 20.4. The highest BCUT2D eigenvalue weighted by Crippen LogP contribution is 2.43. The molecule has 0 bridgehead atoms. The van der Waals surface area contributed by atoms with Gasteiger partial charge in [-0.05, 0) is 18.4 Å². The predicted molar refractivity (Wildman–Crippen MR) is 188 cm³/mol. The highest BCUT2D eigenvalue weighted by molar-refractivity contribution is 7.47. The molecule has 4 unspecified atom stereocenters. The number of ether oxygens (including phenoxy) is 1. The van der Waals surface area contributed by atoms with Gasteiger partial charge in [-0.3, -0.25) is 32.5 Å². The topological polar surface area (TPSA) is 202 Å². The molecule has 0 radical (unpaired) electrons. The maximum atomic E-state index is 12.5. The van der Waals surface area contributed by atoms with Crippen LogP contribution in [0.4, 0.5) is 0 Å². The number of benzene rings is 1. The normalized spacial score (nSPS) is 18.1. The first kappa shape index (κ1) is 44.7. The van der Waals surface area contributed by atoms with Crippen molar-refractivity contribution in [2.45, 2.75) is 64.9 Å². The largest absolute Gasteiger partial charge is 0.472 e. The molecule has 1 aliphatic rings. The molecule has 0 aliphatic heterocycles. The van der Waals surface area contributed by atoms with Gasteiger partial charge in [0.05, 0.1) is 45.7 Å². The number of rotatable bonds is 26. The van der Waals surface area contributed by atoms with Crippen molar-refractivity contribution in [3.8, 4) is 0 Å². The van der Waals surface area contributed by atoms with Crippen molar-refractivity contribution in [2.75, 3.05) is 78.9 Å². The number of aliphatic hydroxyl groups excluding tert-OH is 1. The lowest BCUT2D eigenvalue weighted by molar-refractivity contribution is -0.132. The average Bonchev–Trinajstić information content (AvgIpc) is 3.12. The average molecular weight is 764 g/mol. The number of aliphatic hydroxyl groups is 1. The van der Waals surface area contributed by atoms with Crippen molar-refractivity contribution < 1.29 is 61.2 Å². The number of allylic oxidation sites excluding steroid dienone is 1. The smallest absolute Gasteiger partial charge is 0.395 e. The second kappa shape index (κ2) is 23.9. The molecule has 0 spiro atoms. The Morgan fingerprint density at radius 1 is 0.647 bits per heavy atom. The van der Waals surface area contributed by atoms with E-state index in [0.29, 0.717) is 5.92 Å². The number of amides is 3. The number of hydrogen-bond donors (Lipinski definition) is 3. The zero-order valence-electron chi connectivity index (χ0n) is 29.9. The van der Waals surface area contributed by atoms with Gasteiger partial charge in [0.1, 0.15) is 0 Å². The zero-order valence-corrected chi connectivity index (χ0v) is 31.7. The van der Waals surface area contributed by atoms with Gasteiger partial charge in [0.2, 0.25) is 17.7 Å². The Balaban J connectivity index is 1.73. The first-order valence-electron chi connectivity index (χ1n) is 17.4. The summed E-state index contributed by atoms with van der Waals surface area (Å²) in [5.74, 6) is -0.434. The highest BCUT2D eigenvalue weighted by atomic mass is 31.2. The third-order valence-electron chi connectivity index (χ3n) is 8.04. The van der Waals surface area contributed by atoms with Crippen LogP contribution in [0, 0.1) is 0 Å². The molecule has 0 fully saturated rings.